The Morgan fingerprint density at radius 3 is 2.40 bits per heavy atom. The van der Waals surface area contributed by atoms with Crippen molar-refractivity contribution in [3.63, 3.8) is 0 Å². The minimum atomic E-state index is -0.546. The molecule has 2 rings (SSSR count). The third kappa shape index (κ3) is 5.38. The summed E-state index contributed by atoms with van der Waals surface area (Å²) < 4.78 is 4.82. The van der Waals surface area contributed by atoms with Gasteiger partial charge >= 0.3 is 6.09 Å². The molecular weight excluding hydrogens is 316 g/mol. The van der Waals surface area contributed by atoms with Crippen LogP contribution in [0.5, 0.6) is 0 Å². The summed E-state index contributed by atoms with van der Waals surface area (Å²) in [6.45, 7) is 9.26. The molecule has 0 fully saturated rings. The number of hydrogen-bond acceptors (Lipinski definition) is 5. The normalized spacial score (nSPS) is 11.0. The van der Waals surface area contributed by atoms with Gasteiger partial charge < -0.3 is 15.8 Å². The fraction of sp³-hybridized carbons (Fsp3) is 0.368. The van der Waals surface area contributed by atoms with Crippen molar-refractivity contribution in [2.45, 2.75) is 39.7 Å². The van der Waals surface area contributed by atoms with E-state index in [1.165, 1.54) is 5.56 Å². The van der Waals surface area contributed by atoms with Crippen LogP contribution in [0.4, 0.5) is 22.1 Å². The lowest BCUT2D eigenvalue weighted by atomic mass is 9.87. The van der Waals surface area contributed by atoms with E-state index >= 15 is 0 Å². The molecule has 6 nitrogen and oxygen atoms in total. The number of carbonyl (C=O) groups is 1. The Labute approximate surface area is 148 Å². The largest absolute Gasteiger partial charge is 0.450 e. The molecule has 1 heterocycles. The highest BCUT2D eigenvalue weighted by Crippen LogP contribution is 2.23. The van der Waals surface area contributed by atoms with E-state index in [9.17, 15) is 4.79 Å². The van der Waals surface area contributed by atoms with Gasteiger partial charge in [-0.3, -0.25) is 5.32 Å². The molecule has 0 unspecified atom stereocenters. The van der Waals surface area contributed by atoms with Gasteiger partial charge in [0, 0.05) is 6.54 Å². The number of nitrogens with zero attached hydrogens (tertiary/aromatic N) is 1. The highest BCUT2D eigenvalue weighted by molar-refractivity contribution is 5.88. The zero-order valence-corrected chi connectivity index (χ0v) is 15.2. The zero-order valence-electron chi connectivity index (χ0n) is 15.2. The van der Waals surface area contributed by atoms with Crippen LogP contribution in [0.2, 0.25) is 0 Å². The van der Waals surface area contributed by atoms with Crippen molar-refractivity contribution in [3.05, 3.63) is 47.5 Å². The van der Waals surface area contributed by atoms with Crippen LogP contribution in [0.15, 0.2) is 36.4 Å². The maximum Gasteiger partial charge on any atom is 0.411 e. The molecule has 0 atom stereocenters. The molecule has 0 aliphatic carbocycles. The Bertz CT molecular complexity index is 721. The first-order valence-corrected chi connectivity index (χ1v) is 8.33. The van der Waals surface area contributed by atoms with Crippen LogP contribution in [0.3, 0.4) is 0 Å². The maximum atomic E-state index is 11.4. The van der Waals surface area contributed by atoms with Crippen molar-refractivity contribution in [2.75, 3.05) is 23.0 Å². The van der Waals surface area contributed by atoms with E-state index in [2.05, 4.69) is 60.7 Å². The number of rotatable bonds is 5. The second kappa shape index (κ2) is 7.88. The van der Waals surface area contributed by atoms with E-state index in [0.717, 1.165) is 5.56 Å². The Morgan fingerprint density at radius 1 is 1.16 bits per heavy atom. The van der Waals surface area contributed by atoms with Gasteiger partial charge in [-0.2, -0.15) is 0 Å². The molecule has 0 saturated heterocycles. The lowest BCUT2D eigenvalue weighted by Gasteiger charge is -2.19. The molecule has 1 amide bonds. The van der Waals surface area contributed by atoms with Crippen LogP contribution < -0.4 is 16.4 Å². The molecule has 1 aromatic carbocycles. The van der Waals surface area contributed by atoms with Gasteiger partial charge in [0.05, 0.1) is 12.3 Å². The van der Waals surface area contributed by atoms with Crippen LogP contribution in [0, 0.1) is 0 Å². The predicted molar refractivity (Wildman–Crippen MR) is 102 cm³/mol. The molecule has 134 valence electrons. The van der Waals surface area contributed by atoms with Gasteiger partial charge in [0.15, 0.2) is 0 Å². The molecule has 0 aliphatic rings. The van der Waals surface area contributed by atoms with Crippen molar-refractivity contribution < 1.29 is 9.53 Å². The number of nitrogens with two attached hydrogens (primary N) is 1. The predicted octanol–water partition coefficient (Wildman–Crippen LogP) is 4.14. The Morgan fingerprint density at radius 2 is 1.84 bits per heavy atom. The summed E-state index contributed by atoms with van der Waals surface area (Å²) in [5.41, 5.74) is 8.91. The van der Waals surface area contributed by atoms with Gasteiger partial charge in [-0.05, 0) is 35.6 Å². The van der Waals surface area contributed by atoms with E-state index < -0.39 is 6.09 Å². The van der Waals surface area contributed by atoms with E-state index in [4.69, 9.17) is 10.5 Å². The summed E-state index contributed by atoms with van der Waals surface area (Å²) in [6, 6.07) is 12.0. The Hall–Kier alpha value is -2.76. The molecule has 0 bridgehead atoms. The van der Waals surface area contributed by atoms with Crippen molar-refractivity contribution in [1.29, 1.82) is 0 Å². The molecule has 25 heavy (non-hydrogen) atoms. The summed E-state index contributed by atoms with van der Waals surface area (Å²) in [5.74, 6) is 0.882. The van der Waals surface area contributed by atoms with Crippen molar-refractivity contribution in [3.8, 4) is 0 Å². The molecule has 0 spiro atoms. The lowest BCUT2D eigenvalue weighted by Crippen LogP contribution is -2.15. The molecular formula is C19H26N4O2. The number of carbonyl (C=O) groups excluding carboxylic acids is 1. The fourth-order valence-electron chi connectivity index (χ4n) is 2.27. The van der Waals surface area contributed by atoms with Crippen LogP contribution in [-0.2, 0) is 16.7 Å². The quantitative estimate of drug-likeness (QED) is 0.760. The number of aromatic nitrogens is 1. The van der Waals surface area contributed by atoms with Gasteiger partial charge in [0.25, 0.3) is 0 Å². The summed E-state index contributed by atoms with van der Waals surface area (Å²) in [4.78, 5) is 15.7. The van der Waals surface area contributed by atoms with Gasteiger partial charge in [-0.1, -0.05) is 45.0 Å². The number of hydrogen-bond donors (Lipinski definition) is 3. The molecule has 0 aliphatic heterocycles. The van der Waals surface area contributed by atoms with E-state index in [1.807, 2.05) is 0 Å². The molecule has 2 aromatic rings. The smallest absolute Gasteiger partial charge is 0.411 e. The van der Waals surface area contributed by atoms with Crippen LogP contribution >= 0.6 is 0 Å². The number of ether oxygens (including phenoxy) is 1. The standard InChI is InChI=1S/C19H26N4O2/c1-5-25-18(24)22-15-10-11-16(23-17(15)20)21-12-13-6-8-14(9-7-13)19(2,3)4/h6-11H,5,12H2,1-4H3,(H,22,24)(H3,20,21,23). The summed E-state index contributed by atoms with van der Waals surface area (Å²) >= 11 is 0. The molecule has 6 heteroatoms. The van der Waals surface area contributed by atoms with E-state index in [-0.39, 0.29) is 11.2 Å². The second-order valence-electron chi connectivity index (χ2n) is 6.78. The van der Waals surface area contributed by atoms with Crippen molar-refractivity contribution in [1.82, 2.24) is 4.98 Å². The first-order valence-electron chi connectivity index (χ1n) is 8.33. The van der Waals surface area contributed by atoms with Gasteiger partial charge in [-0.25, -0.2) is 9.78 Å². The number of amides is 1. The fourth-order valence-corrected chi connectivity index (χ4v) is 2.27. The average molecular weight is 342 g/mol. The van der Waals surface area contributed by atoms with Gasteiger partial charge in [-0.15, -0.1) is 0 Å². The van der Waals surface area contributed by atoms with Gasteiger partial charge in [0.2, 0.25) is 0 Å². The van der Waals surface area contributed by atoms with Crippen LogP contribution in [0.25, 0.3) is 0 Å². The third-order valence-electron chi connectivity index (χ3n) is 3.73. The van der Waals surface area contributed by atoms with Crippen LogP contribution in [0.1, 0.15) is 38.8 Å². The Kier molecular flexibility index (Phi) is 5.85. The van der Waals surface area contributed by atoms with Crippen molar-refractivity contribution in [2.24, 2.45) is 0 Å². The number of nitrogen functional groups attached to an aromatic ring is 1. The molecule has 0 radical (unpaired) electrons. The number of anilines is 3. The summed E-state index contributed by atoms with van der Waals surface area (Å²) in [6.07, 6.45) is -0.546. The zero-order chi connectivity index (χ0) is 18.4. The Balaban J connectivity index is 1.97. The first-order chi connectivity index (χ1) is 11.8. The number of nitrogens with one attached hydrogen (secondary N) is 2. The minimum absolute atomic E-state index is 0.143. The van der Waals surface area contributed by atoms with Gasteiger partial charge in [0.1, 0.15) is 11.6 Å². The average Bonchev–Trinajstić information content (AvgIpc) is 2.55. The topological polar surface area (TPSA) is 89.3 Å². The highest BCUT2D eigenvalue weighted by atomic mass is 16.5. The number of pyridine rings is 1. The monoisotopic (exact) mass is 342 g/mol. The SMILES string of the molecule is CCOC(=O)Nc1ccc(NCc2ccc(C(C)(C)C)cc2)nc1N. The van der Waals surface area contributed by atoms with E-state index in [0.29, 0.717) is 24.7 Å². The molecule has 1 aromatic heterocycles. The second-order valence-corrected chi connectivity index (χ2v) is 6.78. The highest BCUT2D eigenvalue weighted by Gasteiger charge is 2.13. The minimum Gasteiger partial charge on any atom is -0.450 e. The first kappa shape index (κ1) is 18.6. The molecule has 4 N–H and O–H groups in total. The summed E-state index contributed by atoms with van der Waals surface area (Å²) in [7, 11) is 0. The molecule has 0 saturated carbocycles. The van der Waals surface area contributed by atoms with Crippen molar-refractivity contribution >= 4 is 23.4 Å². The third-order valence-corrected chi connectivity index (χ3v) is 3.73. The lowest BCUT2D eigenvalue weighted by molar-refractivity contribution is 0.168. The maximum absolute atomic E-state index is 11.4. The summed E-state index contributed by atoms with van der Waals surface area (Å²) in [5, 5.41) is 5.79. The van der Waals surface area contributed by atoms with E-state index in [1.54, 1.807) is 19.1 Å². The van der Waals surface area contributed by atoms with Crippen LogP contribution in [-0.4, -0.2) is 17.7 Å². The number of benzene rings is 1.